The predicted octanol–water partition coefficient (Wildman–Crippen LogP) is 3.20. The summed E-state index contributed by atoms with van der Waals surface area (Å²) in [6, 6.07) is 8.00. The van der Waals surface area contributed by atoms with E-state index in [0.29, 0.717) is 6.54 Å². The molecule has 0 saturated carbocycles. The molecule has 0 bridgehead atoms. The number of hydrogen-bond donors (Lipinski definition) is 2. The van der Waals surface area contributed by atoms with E-state index in [2.05, 4.69) is 30.9 Å². The minimum atomic E-state index is 0.625. The van der Waals surface area contributed by atoms with Crippen LogP contribution in [0.1, 0.15) is 11.3 Å². The van der Waals surface area contributed by atoms with Crippen LogP contribution in [0, 0.1) is 6.92 Å². The molecule has 0 saturated heterocycles. The smallest absolute Gasteiger partial charge is 0.161 e. The molecule has 2 heterocycles. The fourth-order valence-corrected chi connectivity index (χ4v) is 2.80. The Morgan fingerprint density at radius 3 is 2.90 bits per heavy atom. The van der Waals surface area contributed by atoms with E-state index in [1.54, 1.807) is 0 Å². The molecular weight excluding hydrogens is 316 g/mol. The van der Waals surface area contributed by atoms with Crippen molar-refractivity contribution in [2.45, 2.75) is 13.3 Å². The Balaban J connectivity index is 2.15. The van der Waals surface area contributed by atoms with Crippen molar-refractivity contribution in [1.82, 2.24) is 15.0 Å². The first-order chi connectivity index (χ1) is 9.69. The maximum absolute atomic E-state index is 5.64. The van der Waals surface area contributed by atoms with E-state index >= 15 is 0 Å². The van der Waals surface area contributed by atoms with Crippen molar-refractivity contribution in [3.05, 3.63) is 46.2 Å². The van der Waals surface area contributed by atoms with Crippen molar-refractivity contribution < 1.29 is 0 Å². The standard InChI is InChI=1S/C15H15BrN4/c1-9-13-11(5-6-17)8-18-15(13)20-14(19-9)10-3-2-4-12(16)7-10/h2-4,7-8H,5-6,17H2,1H3,(H,18,19,20). The maximum atomic E-state index is 5.64. The summed E-state index contributed by atoms with van der Waals surface area (Å²) in [5.41, 5.74) is 9.67. The van der Waals surface area contributed by atoms with Crippen LogP contribution >= 0.6 is 15.9 Å². The third-order valence-corrected chi connectivity index (χ3v) is 3.78. The van der Waals surface area contributed by atoms with Crippen molar-refractivity contribution in [2.24, 2.45) is 5.73 Å². The summed E-state index contributed by atoms with van der Waals surface area (Å²) in [5.74, 6) is 0.734. The molecule has 0 aliphatic rings. The van der Waals surface area contributed by atoms with Gasteiger partial charge in [0, 0.05) is 21.6 Å². The average molecular weight is 331 g/mol. The Kier molecular flexibility index (Phi) is 3.54. The van der Waals surface area contributed by atoms with Gasteiger partial charge in [0.2, 0.25) is 0 Å². The highest BCUT2D eigenvalue weighted by Crippen LogP contribution is 2.25. The predicted molar refractivity (Wildman–Crippen MR) is 84.5 cm³/mol. The number of nitrogens with two attached hydrogens (primary N) is 1. The molecule has 0 amide bonds. The summed E-state index contributed by atoms with van der Waals surface area (Å²) in [5, 5.41) is 1.09. The zero-order valence-corrected chi connectivity index (χ0v) is 12.7. The van der Waals surface area contributed by atoms with Gasteiger partial charge in [-0.2, -0.15) is 0 Å². The van der Waals surface area contributed by atoms with Gasteiger partial charge in [-0.1, -0.05) is 28.1 Å². The number of nitrogens with one attached hydrogen (secondary N) is 1. The molecule has 5 heteroatoms. The quantitative estimate of drug-likeness (QED) is 0.774. The zero-order valence-electron chi connectivity index (χ0n) is 11.2. The van der Waals surface area contributed by atoms with E-state index in [0.717, 1.165) is 39.0 Å². The summed E-state index contributed by atoms with van der Waals surface area (Å²) in [6.07, 6.45) is 2.81. The number of hydrogen-bond acceptors (Lipinski definition) is 3. The molecule has 0 spiro atoms. The highest BCUT2D eigenvalue weighted by molar-refractivity contribution is 9.10. The highest BCUT2D eigenvalue weighted by atomic mass is 79.9. The van der Waals surface area contributed by atoms with Gasteiger partial charge in [0.25, 0.3) is 0 Å². The lowest BCUT2D eigenvalue weighted by Gasteiger charge is -2.05. The van der Waals surface area contributed by atoms with Crippen LogP contribution in [0.3, 0.4) is 0 Å². The Morgan fingerprint density at radius 2 is 2.15 bits per heavy atom. The molecule has 3 rings (SSSR count). The summed E-state index contributed by atoms with van der Waals surface area (Å²) in [4.78, 5) is 12.5. The van der Waals surface area contributed by atoms with E-state index in [1.165, 1.54) is 5.56 Å². The summed E-state index contributed by atoms with van der Waals surface area (Å²) in [7, 11) is 0. The van der Waals surface area contributed by atoms with Crippen LogP contribution in [0.25, 0.3) is 22.4 Å². The van der Waals surface area contributed by atoms with Crippen LogP contribution in [0.4, 0.5) is 0 Å². The minimum absolute atomic E-state index is 0.625. The lowest BCUT2D eigenvalue weighted by Crippen LogP contribution is -2.02. The van der Waals surface area contributed by atoms with E-state index in [9.17, 15) is 0 Å². The number of aryl methyl sites for hydroxylation is 1. The number of aromatic nitrogens is 3. The van der Waals surface area contributed by atoms with E-state index < -0.39 is 0 Å². The molecule has 102 valence electrons. The van der Waals surface area contributed by atoms with E-state index in [1.807, 2.05) is 37.4 Å². The van der Waals surface area contributed by atoms with Crippen molar-refractivity contribution in [2.75, 3.05) is 6.54 Å². The molecule has 4 nitrogen and oxygen atoms in total. The topological polar surface area (TPSA) is 67.6 Å². The van der Waals surface area contributed by atoms with Gasteiger partial charge < -0.3 is 10.7 Å². The minimum Gasteiger partial charge on any atom is -0.346 e. The lowest BCUT2D eigenvalue weighted by molar-refractivity contribution is 0.974. The summed E-state index contributed by atoms with van der Waals surface area (Å²) >= 11 is 3.48. The highest BCUT2D eigenvalue weighted by Gasteiger charge is 2.11. The monoisotopic (exact) mass is 330 g/mol. The molecule has 0 aliphatic carbocycles. The first-order valence-electron chi connectivity index (χ1n) is 6.49. The largest absolute Gasteiger partial charge is 0.346 e. The number of aromatic amines is 1. The van der Waals surface area contributed by atoms with Gasteiger partial charge in [-0.05, 0) is 37.6 Å². The van der Waals surface area contributed by atoms with Gasteiger partial charge in [0.15, 0.2) is 5.82 Å². The molecule has 20 heavy (non-hydrogen) atoms. The number of benzene rings is 1. The van der Waals surface area contributed by atoms with Gasteiger partial charge in [0.1, 0.15) is 5.65 Å². The van der Waals surface area contributed by atoms with Crippen LogP contribution in [0.15, 0.2) is 34.9 Å². The van der Waals surface area contributed by atoms with Crippen LogP contribution < -0.4 is 5.73 Å². The lowest BCUT2D eigenvalue weighted by atomic mass is 10.1. The Bertz CT molecular complexity index is 764. The molecule has 0 fully saturated rings. The van der Waals surface area contributed by atoms with E-state index in [4.69, 9.17) is 5.73 Å². The molecule has 0 unspecified atom stereocenters. The Labute approximate surface area is 125 Å². The van der Waals surface area contributed by atoms with Crippen molar-refractivity contribution in [3.63, 3.8) is 0 Å². The second-order valence-corrected chi connectivity index (χ2v) is 5.63. The fraction of sp³-hybridized carbons (Fsp3) is 0.200. The maximum Gasteiger partial charge on any atom is 0.161 e. The second kappa shape index (κ2) is 5.34. The Hall–Kier alpha value is -1.72. The van der Waals surface area contributed by atoms with Crippen molar-refractivity contribution in [3.8, 4) is 11.4 Å². The summed E-state index contributed by atoms with van der Waals surface area (Å²) < 4.78 is 1.02. The van der Waals surface area contributed by atoms with Crippen LogP contribution in [-0.2, 0) is 6.42 Å². The van der Waals surface area contributed by atoms with Gasteiger partial charge in [-0.25, -0.2) is 9.97 Å². The van der Waals surface area contributed by atoms with Gasteiger partial charge in [-0.15, -0.1) is 0 Å². The normalized spacial score (nSPS) is 11.2. The molecule has 3 aromatic rings. The third kappa shape index (κ3) is 2.34. The number of halogens is 1. The van der Waals surface area contributed by atoms with Gasteiger partial charge in [-0.3, -0.25) is 0 Å². The summed E-state index contributed by atoms with van der Waals surface area (Å²) in [6.45, 7) is 2.64. The number of nitrogens with zero attached hydrogens (tertiary/aromatic N) is 2. The number of fused-ring (bicyclic) bond motifs is 1. The van der Waals surface area contributed by atoms with Crippen LogP contribution in [0.5, 0.6) is 0 Å². The molecule has 0 radical (unpaired) electrons. The first-order valence-corrected chi connectivity index (χ1v) is 7.29. The van der Waals surface area contributed by atoms with Gasteiger partial charge >= 0.3 is 0 Å². The van der Waals surface area contributed by atoms with Crippen LogP contribution in [0.2, 0.25) is 0 Å². The molecular formula is C15H15BrN4. The fourth-order valence-electron chi connectivity index (χ4n) is 2.40. The molecule has 2 aromatic heterocycles. The molecule has 1 aromatic carbocycles. The first kappa shape index (κ1) is 13.3. The van der Waals surface area contributed by atoms with Gasteiger partial charge in [0.05, 0.1) is 5.69 Å². The van der Waals surface area contributed by atoms with E-state index in [-0.39, 0.29) is 0 Å². The molecule has 3 N–H and O–H groups in total. The molecule has 0 aliphatic heterocycles. The number of H-pyrrole nitrogens is 1. The SMILES string of the molecule is Cc1nc(-c2cccc(Br)c2)nc2[nH]cc(CCN)c12. The van der Waals surface area contributed by atoms with Crippen LogP contribution in [-0.4, -0.2) is 21.5 Å². The Morgan fingerprint density at radius 1 is 1.30 bits per heavy atom. The molecule has 0 atom stereocenters. The van der Waals surface area contributed by atoms with Crippen molar-refractivity contribution in [1.29, 1.82) is 0 Å². The zero-order chi connectivity index (χ0) is 14.1. The second-order valence-electron chi connectivity index (χ2n) is 4.72. The number of rotatable bonds is 3. The average Bonchev–Trinajstić information content (AvgIpc) is 2.83. The van der Waals surface area contributed by atoms with Crippen molar-refractivity contribution >= 4 is 27.0 Å². The third-order valence-electron chi connectivity index (χ3n) is 3.29.